The summed E-state index contributed by atoms with van der Waals surface area (Å²) in [6.45, 7) is 3.03. The number of methoxy groups -OCH3 is 2. The van der Waals surface area contributed by atoms with Crippen LogP contribution in [0.5, 0.6) is 23.0 Å². The number of nitrogens with one attached hydrogen (secondary N) is 1. The summed E-state index contributed by atoms with van der Waals surface area (Å²) in [6.07, 6.45) is 0. The Bertz CT molecular complexity index is 1330. The fourth-order valence-electron chi connectivity index (χ4n) is 3.97. The number of Topliss-reactive ketones (excluding diaryl/α,β-unsaturated/α-hetero) is 1. The molecule has 0 radical (unpaired) electrons. The molecule has 0 spiro atoms. The smallest absolute Gasteiger partial charge is 0.325 e. The van der Waals surface area contributed by atoms with E-state index in [1.54, 1.807) is 18.2 Å². The van der Waals surface area contributed by atoms with Crippen molar-refractivity contribution in [3.8, 4) is 28.7 Å². The van der Waals surface area contributed by atoms with E-state index in [0.717, 1.165) is 11.4 Å². The van der Waals surface area contributed by atoms with Gasteiger partial charge in [0.05, 0.1) is 14.2 Å². The van der Waals surface area contributed by atoms with Gasteiger partial charge in [-0.25, -0.2) is 0 Å². The van der Waals surface area contributed by atoms with Gasteiger partial charge in [0.1, 0.15) is 6.54 Å². The second kappa shape index (κ2) is 10.4. The molecule has 0 saturated heterocycles. The monoisotopic (exact) mass is 494 g/mol. The lowest BCUT2D eigenvalue weighted by Crippen LogP contribution is -2.31. The van der Waals surface area contributed by atoms with Crippen molar-refractivity contribution in [2.24, 2.45) is 0 Å². The van der Waals surface area contributed by atoms with Gasteiger partial charge >= 0.3 is 5.97 Å². The minimum Gasteiger partial charge on any atom is -0.493 e. The van der Waals surface area contributed by atoms with Crippen molar-refractivity contribution in [2.75, 3.05) is 34.2 Å². The van der Waals surface area contributed by atoms with Crippen LogP contribution in [0.15, 0.2) is 42.5 Å². The zero-order valence-corrected chi connectivity index (χ0v) is 20.4. The minimum absolute atomic E-state index is 0.173. The second-order valence-electron chi connectivity index (χ2n) is 7.99. The van der Waals surface area contributed by atoms with Gasteiger partial charge in [-0.15, -0.1) is 0 Å². The fraction of sp³-hybridized carbons (Fsp3) is 0.269. The van der Waals surface area contributed by atoms with Crippen LogP contribution in [0.1, 0.15) is 32.1 Å². The Hall–Kier alpha value is -4.47. The summed E-state index contributed by atoms with van der Waals surface area (Å²) >= 11 is 0. The Morgan fingerprint density at radius 3 is 2.44 bits per heavy atom. The molecule has 10 heteroatoms. The molecule has 0 fully saturated rings. The molecular weight excluding hydrogens is 468 g/mol. The molecule has 3 aromatic rings. The number of rotatable bonds is 9. The number of hydrogen-bond acceptors (Lipinski definition) is 8. The van der Waals surface area contributed by atoms with E-state index in [4.69, 9.17) is 23.7 Å². The Morgan fingerprint density at radius 1 is 0.944 bits per heavy atom. The first-order chi connectivity index (χ1) is 17.3. The normalized spacial score (nSPS) is 11.7. The highest BCUT2D eigenvalue weighted by molar-refractivity contribution is 6.00. The lowest BCUT2D eigenvalue weighted by atomic mass is 10.1. The summed E-state index contributed by atoms with van der Waals surface area (Å²) < 4.78 is 28.1. The molecule has 4 rings (SSSR count). The number of esters is 1. The maximum atomic E-state index is 12.8. The Labute approximate surface area is 207 Å². The molecule has 0 atom stereocenters. The molecule has 0 saturated carbocycles. The third kappa shape index (κ3) is 4.97. The minimum atomic E-state index is -0.734. The SMILES string of the molecule is COc1ccc(C(=O)NCC(=O)OCC(=O)c2cc(C)n(-c3ccc4c(c3)OCO4)c2C)cc1OC. The predicted molar refractivity (Wildman–Crippen MR) is 129 cm³/mol. The van der Waals surface area contributed by atoms with E-state index in [2.05, 4.69) is 5.32 Å². The number of ketones is 1. The van der Waals surface area contributed by atoms with E-state index in [0.29, 0.717) is 34.3 Å². The van der Waals surface area contributed by atoms with E-state index < -0.39 is 25.0 Å². The van der Waals surface area contributed by atoms with Crippen LogP contribution in [0.2, 0.25) is 0 Å². The van der Waals surface area contributed by atoms with Gasteiger partial charge in [-0.1, -0.05) is 0 Å². The van der Waals surface area contributed by atoms with Crippen molar-refractivity contribution in [3.05, 3.63) is 65.0 Å². The maximum Gasteiger partial charge on any atom is 0.325 e. The third-order valence-corrected chi connectivity index (χ3v) is 5.75. The molecule has 0 unspecified atom stereocenters. The molecule has 0 bridgehead atoms. The second-order valence-corrected chi connectivity index (χ2v) is 7.99. The van der Waals surface area contributed by atoms with Gasteiger partial charge in [0.15, 0.2) is 29.6 Å². The molecule has 1 N–H and O–H groups in total. The summed E-state index contributed by atoms with van der Waals surface area (Å²) in [5.41, 5.74) is 3.08. The van der Waals surface area contributed by atoms with Gasteiger partial charge < -0.3 is 33.6 Å². The van der Waals surface area contributed by atoms with E-state index in [9.17, 15) is 14.4 Å². The van der Waals surface area contributed by atoms with Crippen molar-refractivity contribution in [3.63, 3.8) is 0 Å². The average molecular weight is 495 g/mol. The van der Waals surface area contributed by atoms with Crippen molar-refractivity contribution >= 4 is 17.7 Å². The highest BCUT2D eigenvalue weighted by atomic mass is 16.7. The number of carbonyl (C=O) groups excluding carboxylic acids is 3. The van der Waals surface area contributed by atoms with Crippen molar-refractivity contribution in [2.45, 2.75) is 13.8 Å². The topological polar surface area (TPSA) is 114 Å². The van der Waals surface area contributed by atoms with E-state index in [1.807, 2.05) is 36.6 Å². The van der Waals surface area contributed by atoms with Gasteiger partial charge in [-0.2, -0.15) is 0 Å². The molecule has 1 amide bonds. The molecule has 36 heavy (non-hydrogen) atoms. The number of fused-ring (bicyclic) bond motifs is 1. The lowest BCUT2D eigenvalue weighted by molar-refractivity contribution is -0.141. The number of benzene rings is 2. The van der Waals surface area contributed by atoms with Crippen LogP contribution >= 0.6 is 0 Å². The van der Waals surface area contributed by atoms with Crippen LogP contribution in [0.25, 0.3) is 5.69 Å². The average Bonchev–Trinajstić information content (AvgIpc) is 3.48. The van der Waals surface area contributed by atoms with Gasteiger partial charge in [0.25, 0.3) is 5.91 Å². The number of carbonyl (C=O) groups is 3. The van der Waals surface area contributed by atoms with Gasteiger partial charge in [-0.3, -0.25) is 14.4 Å². The quantitative estimate of drug-likeness (QED) is 0.357. The zero-order valence-electron chi connectivity index (χ0n) is 20.4. The standard InChI is InChI=1S/C26H26N2O8/c1-15-9-19(16(2)28(15)18-6-8-22-24(11-18)36-14-35-22)20(29)13-34-25(30)12-27-26(31)17-5-7-21(32-3)23(10-17)33-4/h5-11H,12-14H2,1-4H3,(H,27,31). The van der Waals surface area contributed by atoms with Gasteiger partial charge in [0, 0.05) is 34.3 Å². The van der Waals surface area contributed by atoms with Gasteiger partial charge in [0.2, 0.25) is 12.6 Å². The number of aryl methyl sites for hydroxylation is 1. The maximum absolute atomic E-state index is 12.8. The number of nitrogens with zero attached hydrogens (tertiary/aromatic N) is 1. The summed E-state index contributed by atoms with van der Waals surface area (Å²) in [5.74, 6) is 0.587. The summed E-state index contributed by atoms with van der Waals surface area (Å²) in [7, 11) is 2.95. The van der Waals surface area contributed by atoms with Crippen LogP contribution < -0.4 is 24.3 Å². The molecule has 2 heterocycles. The largest absolute Gasteiger partial charge is 0.493 e. The molecule has 1 aliphatic rings. The third-order valence-electron chi connectivity index (χ3n) is 5.75. The molecule has 2 aromatic carbocycles. The Morgan fingerprint density at radius 2 is 1.69 bits per heavy atom. The van der Waals surface area contributed by atoms with Crippen LogP contribution in [-0.4, -0.2) is 56.4 Å². The van der Waals surface area contributed by atoms with Crippen LogP contribution in [-0.2, 0) is 9.53 Å². The molecule has 1 aromatic heterocycles. The highest BCUT2D eigenvalue weighted by Crippen LogP contribution is 2.35. The number of ether oxygens (including phenoxy) is 5. The number of hydrogen-bond donors (Lipinski definition) is 1. The van der Waals surface area contributed by atoms with Crippen molar-refractivity contribution < 1.29 is 38.1 Å². The first kappa shape index (κ1) is 24.6. The Kier molecular flexibility index (Phi) is 7.14. The fourth-order valence-corrected chi connectivity index (χ4v) is 3.97. The summed E-state index contributed by atoms with van der Waals surface area (Å²) in [6, 6.07) is 11.9. The molecular formula is C26H26N2O8. The Balaban J connectivity index is 1.34. The van der Waals surface area contributed by atoms with Crippen molar-refractivity contribution in [1.29, 1.82) is 0 Å². The van der Waals surface area contributed by atoms with Gasteiger partial charge in [-0.05, 0) is 50.2 Å². The molecule has 1 aliphatic heterocycles. The van der Waals surface area contributed by atoms with E-state index >= 15 is 0 Å². The molecule has 188 valence electrons. The number of amides is 1. The van der Waals surface area contributed by atoms with E-state index in [1.165, 1.54) is 20.3 Å². The molecule has 10 nitrogen and oxygen atoms in total. The van der Waals surface area contributed by atoms with Crippen molar-refractivity contribution in [1.82, 2.24) is 9.88 Å². The first-order valence-electron chi connectivity index (χ1n) is 11.1. The first-order valence-corrected chi connectivity index (χ1v) is 11.1. The predicted octanol–water partition coefficient (Wildman–Crippen LogP) is 3.00. The van der Waals surface area contributed by atoms with Crippen LogP contribution in [0.3, 0.4) is 0 Å². The molecule has 0 aliphatic carbocycles. The summed E-state index contributed by atoms with van der Waals surface area (Å²) in [5, 5.41) is 2.47. The van der Waals surface area contributed by atoms with Crippen LogP contribution in [0.4, 0.5) is 0 Å². The van der Waals surface area contributed by atoms with E-state index in [-0.39, 0.29) is 18.1 Å². The lowest BCUT2D eigenvalue weighted by Gasteiger charge is -2.11. The number of aromatic nitrogens is 1. The zero-order chi connectivity index (χ0) is 25.8. The highest BCUT2D eigenvalue weighted by Gasteiger charge is 2.21. The summed E-state index contributed by atoms with van der Waals surface area (Å²) in [4.78, 5) is 37.3. The van der Waals surface area contributed by atoms with Crippen LogP contribution in [0, 0.1) is 13.8 Å².